The Hall–Kier alpha value is -2.09. The van der Waals surface area contributed by atoms with Gasteiger partial charge >= 0.3 is 6.18 Å². The summed E-state index contributed by atoms with van der Waals surface area (Å²) in [6, 6.07) is 6.25. The van der Waals surface area contributed by atoms with Crippen LogP contribution in [0, 0.1) is 0 Å². The van der Waals surface area contributed by atoms with Crippen molar-refractivity contribution in [3.05, 3.63) is 35.7 Å². The summed E-state index contributed by atoms with van der Waals surface area (Å²) in [5.74, 6) is 0.277. The van der Waals surface area contributed by atoms with E-state index >= 15 is 0 Å². The van der Waals surface area contributed by atoms with E-state index in [2.05, 4.69) is 10.3 Å². The number of aliphatic hydroxyl groups is 1. The van der Waals surface area contributed by atoms with Gasteiger partial charge in [-0.25, -0.2) is 4.68 Å². The molecule has 5 nitrogen and oxygen atoms in total. The topological polar surface area (TPSA) is 60.2 Å². The van der Waals surface area contributed by atoms with Gasteiger partial charge in [-0.3, -0.25) is 0 Å². The predicted molar refractivity (Wildman–Crippen MR) is 68.1 cm³/mol. The highest BCUT2D eigenvalue weighted by Gasteiger charge is 2.40. The lowest BCUT2D eigenvalue weighted by Gasteiger charge is -2.14. The van der Waals surface area contributed by atoms with Crippen molar-refractivity contribution in [3.8, 4) is 11.4 Å². The van der Waals surface area contributed by atoms with E-state index in [-0.39, 0.29) is 11.4 Å². The van der Waals surface area contributed by atoms with E-state index in [1.165, 1.54) is 6.07 Å². The molecule has 0 aliphatic heterocycles. The molecule has 0 amide bonds. The minimum Gasteiger partial charge on any atom is -0.491 e. The zero-order valence-corrected chi connectivity index (χ0v) is 11.3. The molecule has 0 aliphatic carbocycles. The first-order valence-corrected chi connectivity index (χ1v) is 6.33. The van der Waals surface area contributed by atoms with E-state index in [4.69, 9.17) is 9.84 Å². The van der Waals surface area contributed by atoms with Crippen LogP contribution in [0.3, 0.4) is 0 Å². The highest BCUT2D eigenvalue weighted by molar-refractivity contribution is 5.47. The van der Waals surface area contributed by atoms with Gasteiger partial charge in [0.2, 0.25) is 0 Å². The third kappa shape index (κ3) is 3.15. The highest BCUT2D eigenvalue weighted by atomic mass is 19.4. The third-order valence-corrected chi connectivity index (χ3v) is 2.71. The number of hydrogen-bond acceptors (Lipinski definition) is 4. The molecule has 21 heavy (non-hydrogen) atoms. The summed E-state index contributed by atoms with van der Waals surface area (Å²) in [5.41, 5.74) is -1.49. The maximum absolute atomic E-state index is 13.1. The van der Waals surface area contributed by atoms with Crippen molar-refractivity contribution < 1.29 is 23.0 Å². The van der Waals surface area contributed by atoms with Gasteiger partial charge in [0.05, 0.1) is 13.2 Å². The van der Waals surface area contributed by atoms with Gasteiger partial charge in [0.15, 0.2) is 5.69 Å². The Morgan fingerprint density at radius 2 is 2.00 bits per heavy atom. The molecule has 0 unspecified atom stereocenters. The molecule has 1 aromatic carbocycles. The number of para-hydroxylation sites is 2. The van der Waals surface area contributed by atoms with E-state index in [0.717, 1.165) is 6.42 Å². The molecule has 0 aliphatic rings. The van der Waals surface area contributed by atoms with Gasteiger partial charge in [0.25, 0.3) is 0 Å². The molecule has 114 valence electrons. The molecule has 0 fully saturated rings. The van der Waals surface area contributed by atoms with E-state index in [0.29, 0.717) is 11.3 Å². The van der Waals surface area contributed by atoms with Crippen molar-refractivity contribution in [1.82, 2.24) is 15.0 Å². The zero-order chi connectivity index (χ0) is 15.5. The summed E-state index contributed by atoms with van der Waals surface area (Å²) < 4.78 is 45.5. The number of benzene rings is 1. The van der Waals surface area contributed by atoms with Gasteiger partial charge in [-0.1, -0.05) is 24.3 Å². The average molecular weight is 301 g/mol. The number of aliphatic hydroxyl groups excluding tert-OH is 1. The Balaban J connectivity index is 2.55. The SMILES string of the molecule is CCCOc1ccccc1-n1nnc(CO)c1C(F)(F)F. The van der Waals surface area contributed by atoms with Crippen LogP contribution in [0.4, 0.5) is 13.2 Å². The Kier molecular flexibility index (Phi) is 4.46. The van der Waals surface area contributed by atoms with Gasteiger partial charge in [-0.15, -0.1) is 5.10 Å². The van der Waals surface area contributed by atoms with Gasteiger partial charge in [-0.2, -0.15) is 13.2 Å². The molecular weight excluding hydrogens is 287 g/mol. The first-order chi connectivity index (χ1) is 9.99. The second kappa shape index (κ2) is 6.13. The lowest BCUT2D eigenvalue weighted by atomic mass is 10.2. The Morgan fingerprint density at radius 1 is 1.29 bits per heavy atom. The van der Waals surface area contributed by atoms with Crippen molar-refractivity contribution >= 4 is 0 Å². The van der Waals surface area contributed by atoms with Gasteiger partial charge in [0, 0.05) is 0 Å². The van der Waals surface area contributed by atoms with Crippen LogP contribution in [-0.2, 0) is 12.8 Å². The lowest BCUT2D eigenvalue weighted by Crippen LogP contribution is -2.16. The fourth-order valence-electron chi connectivity index (χ4n) is 1.84. The van der Waals surface area contributed by atoms with Crippen LogP contribution < -0.4 is 4.74 Å². The molecule has 2 rings (SSSR count). The van der Waals surface area contributed by atoms with Crippen molar-refractivity contribution in [2.75, 3.05) is 6.61 Å². The molecule has 0 radical (unpaired) electrons. The van der Waals surface area contributed by atoms with Gasteiger partial charge < -0.3 is 9.84 Å². The summed E-state index contributed by atoms with van der Waals surface area (Å²) >= 11 is 0. The van der Waals surface area contributed by atoms with Crippen LogP contribution in [0.15, 0.2) is 24.3 Å². The second-order valence-electron chi connectivity index (χ2n) is 4.27. The van der Waals surface area contributed by atoms with Gasteiger partial charge in [0.1, 0.15) is 17.1 Å². The molecule has 0 atom stereocenters. The normalized spacial score (nSPS) is 11.7. The predicted octanol–water partition coefficient (Wildman–Crippen LogP) is 2.57. The van der Waals surface area contributed by atoms with E-state index < -0.39 is 24.2 Å². The monoisotopic (exact) mass is 301 g/mol. The highest BCUT2D eigenvalue weighted by Crippen LogP contribution is 2.34. The number of hydrogen-bond donors (Lipinski definition) is 1. The molecule has 0 saturated heterocycles. The molecule has 0 bridgehead atoms. The fraction of sp³-hybridized carbons (Fsp3) is 0.385. The second-order valence-corrected chi connectivity index (χ2v) is 4.27. The van der Waals surface area contributed by atoms with Crippen LogP contribution >= 0.6 is 0 Å². The standard InChI is InChI=1S/C13H14F3N3O2/c1-2-7-21-11-6-4-3-5-10(11)19-12(13(14,15)16)9(8-20)17-18-19/h3-6,20H,2,7-8H2,1H3. The molecule has 0 saturated carbocycles. The minimum atomic E-state index is -4.68. The molecule has 8 heteroatoms. The summed E-state index contributed by atoms with van der Waals surface area (Å²) in [6.07, 6.45) is -3.96. The van der Waals surface area contributed by atoms with Crippen molar-refractivity contribution in [2.45, 2.75) is 26.1 Å². The number of aromatic nitrogens is 3. The Morgan fingerprint density at radius 3 is 2.62 bits per heavy atom. The zero-order valence-electron chi connectivity index (χ0n) is 11.3. The fourth-order valence-corrected chi connectivity index (χ4v) is 1.84. The van der Waals surface area contributed by atoms with E-state index in [9.17, 15) is 13.2 Å². The summed E-state index contributed by atoms with van der Waals surface area (Å²) in [7, 11) is 0. The van der Waals surface area contributed by atoms with Crippen molar-refractivity contribution in [3.63, 3.8) is 0 Å². The maximum atomic E-state index is 13.1. The number of nitrogens with zero attached hydrogens (tertiary/aromatic N) is 3. The molecule has 2 aromatic rings. The third-order valence-electron chi connectivity index (χ3n) is 2.71. The van der Waals surface area contributed by atoms with E-state index in [1.54, 1.807) is 18.2 Å². The maximum Gasteiger partial charge on any atom is 0.435 e. The number of alkyl halides is 3. The summed E-state index contributed by atoms with van der Waals surface area (Å²) in [5, 5.41) is 15.9. The van der Waals surface area contributed by atoms with Crippen molar-refractivity contribution in [2.24, 2.45) is 0 Å². The van der Waals surface area contributed by atoms with Crippen LogP contribution in [0.2, 0.25) is 0 Å². The molecule has 0 spiro atoms. The first-order valence-electron chi connectivity index (χ1n) is 6.33. The van der Waals surface area contributed by atoms with Gasteiger partial charge in [-0.05, 0) is 18.6 Å². The minimum absolute atomic E-state index is 0.130. The molecule has 1 heterocycles. The van der Waals surface area contributed by atoms with Crippen LogP contribution in [-0.4, -0.2) is 26.7 Å². The summed E-state index contributed by atoms with van der Waals surface area (Å²) in [6.45, 7) is 1.43. The number of ether oxygens (including phenoxy) is 1. The number of halogens is 3. The Bertz CT molecular complexity index is 611. The smallest absolute Gasteiger partial charge is 0.435 e. The van der Waals surface area contributed by atoms with Crippen LogP contribution in [0.25, 0.3) is 5.69 Å². The van der Waals surface area contributed by atoms with Crippen LogP contribution in [0.1, 0.15) is 24.7 Å². The molecular formula is C13H14F3N3O2. The average Bonchev–Trinajstić information content (AvgIpc) is 2.89. The Labute approximate surface area is 119 Å². The van der Waals surface area contributed by atoms with E-state index in [1.807, 2.05) is 6.92 Å². The summed E-state index contributed by atoms with van der Waals surface area (Å²) in [4.78, 5) is 0. The lowest BCUT2D eigenvalue weighted by molar-refractivity contribution is -0.144. The largest absolute Gasteiger partial charge is 0.491 e. The van der Waals surface area contributed by atoms with Crippen LogP contribution in [0.5, 0.6) is 5.75 Å². The molecule has 1 N–H and O–H groups in total. The van der Waals surface area contributed by atoms with Crippen molar-refractivity contribution in [1.29, 1.82) is 0 Å². The quantitative estimate of drug-likeness (QED) is 0.922. The first kappa shape index (κ1) is 15.3. The number of rotatable bonds is 5. The molecule has 1 aromatic heterocycles.